The van der Waals surface area contributed by atoms with Crippen molar-refractivity contribution in [1.82, 2.24) is 75.2 Å². The third-order valence-corrected chi connectivity index (χ3v) is 16.1. The Labute approximate surface area is 567 Å². The van der Waals surface area contributed by atoms with Crippen LogP contribution in [0.25, 0.3) is 100 Å². The molecular formula is C78H61ClFN15O3. The van der Waals surface area contributed by atoms with Gasteiger partial charge in [0.2, 0.25) is 17.7 Å². The Kier molecular flexibility index (Phi) is 20.0. The summed E-state index contributed by atoms with van der Waals surface area (Å²) in [4.78, 5) is 64.7. The third kappa shape index (κ3) is 15.7. The van der Waals surface area contributed by atoms with Crippen LogP contribution in [0.15, 0.2) is 280 Å². The van der Waals surface area contributed by atoms with Crippen LogP contribution in [0.5, 0.6) is 0 Å². The van der Waals surface area contributed by atoms with E-state index in [1.54, 1.807) is 75.5 Å². The van der Waals surface area contributed by atoms with E-state index < -0.39 is 0 Å². The summed E-state index contributed by atoms with van der Waals surface area (Å²) in [6.45, 7) is 1.48. The molecule has 20 heteroatoms. The summed E-state index contributed by atoms with van der Waals surface area (Å²) in [5.74, 6) is -0.735. The molecule has 9 heterocycles. The lowest BCUT2D eigenvalue weighted by atomic mass is 10.0. The first-order valence-corrected chi connectivity index (χ1v) is 31.8. The lowest BCUT2D eigenvalue weighted by Crippen LogP contribution is -2.27. The summed E-state index contributed by atoms with van der Waals surface area (Å²) in [5.41, 5.74) is 15.6. The molecule has 15 aromatic rings. The summed E-state index contributed by atoms with van der Waals surface area (Å²) in [6, 6.07) is 70.2. The number of amides is 3. The maximum atomic E-state index is 13.1. The Hall–Kier alpha value is -12.7. The molecule has 0 saturated heterocycles. The normalized spacial score (nSPS) is 10.9. The number of fused-ring (bicyclic) bond motifs is 3. The third-order valence-electron chi connectivity index (χ3n) is 15.9. The number of rotatable bonds is 18. The average Bonchev–Trinajstić information content (AvgIpc) is 1.58. The van der Waals surface area contributed by atoms with Crippen LogP contribution in [0.2, 0.25) is 5.02 Å². The monoisotopic (exact) mass is 1310 g/mol. The van der Waals surface area contributed by atoms with Crippen molar-refractivity contribution in [1.29, 1.82) is 0 Å². The minimum Gasteiger partial charge on any atom is -0.350 e. The van der Waals surface area contributed by atoms with Crippen molar-refractivity contribution in [3.63, 3.8) is 0 Å². The molecule has 0 aliphatic heterocycles. The molecule has 9 aromatic heterocycles. The highest BCUT2D eigenvalue weighted by molar-refractivity contribution is 6.30. The van der Waals surface area contributed by atoms with Crippen molar-refractivity contribution in [2.75, 3.05) is 0 Å². The number of para-hydroxylation sites is 3. The van der Waals surface area contributed by atoms with Crippen LogP contribution in [-0.4, -0.2) is 77.0 Å². The van der Waals surface area contributed by atoms with Crippen LogP contribution in [0.3, 0.4) is 0 Å². The lowest BCUT2D eigenvalue weighted by molar-refractivity contribution is -0.122. The predicted molar refractivity (Wildman–Crippen MR) is 378 cm³/mol. The van der Waals surface area contributed by atoms with Gasteiger partial charge in [0.25, 0.3) is 0 Å². The number of carbonyl (C=O) groups excluding carboxylic acids is 3. The molecule has 0 aliphatic carbocycles. The molecule has 0 radical (unpaired) electrons. The molecule has 0 atom stereocenters. The van der Waals surface area contributed by atoms with Gasteiger partial charge in [0.15, 0.2) is 0 Å². The van der Waals surface area contributed by atoms with Gasteiger partial charge < -0.3 is 16.0 Å². The summed E-state index contributed by atoms with van der Waals surface area (Å²) in [5, 5.41) is 26.6. The predicted octanol–water partition coefficient (Wildman–Crippen LogP) is 14.2. The molecule has 6 aromatic carbocycles. The van der Waals surface area contributed by atoms with Crippen molar-refractivity contribution in [2.24, 2.45) is 0 Å². The molecule has 0 saturated carbocycles. The van der Waals surface area contributed by atoms with Crippen LogP contribution in [0.1, 0.15) is 16.7 Å². The Morgan fingerprint density at radius 2 is 0.643 bits per heavy atom. The largest absolute Gasteiger partial charge is 0.350 e. The number of nitrogens with zero attached hydrogens (tertiary/aromatic N) is 12. The number of aromatic nitrogens is 12. The summed E-state index contributed by atoms with van der Waals surface area (Å²) in [6.07, 6.45) is 16.2. The second-order valence-electron chi connectivity index (χ2n) is 22.6. The van der Waals surface area contributed by atoms with Gasteiger partial charge >= 0.3 is 0 Å². The fourth-order valence-electron chi connectivity index (χ4n) is 11.2. The van der Waals surface area contributed by atoms with Gasteiger partial charge in [-0.25, -0.2) is 4.39 Å². The van der Waals surface area contributed by atoms with E-state index in [4.69, 9.17) is 26.9 Å². The van der Waals surface area contributed by atoms with Gasteiger partial charge in [-0.15, -0.1) is 0 Å². The molecule has 0 unspecified atom stereocenters. The van der Waals surface area contributed by atoms with E-state index in [2.05, 4.69) is 45.9 Å². The van der Waals surface area contributed by atoms with Crippen LogP contribution < -0.4 is 16.0 Å². The van der Waals surface area contributed by atoms with Gasteiger partial charge in [0.1, 0.15) is 42.5 Å². The molecule has 98 heavy (non-hydrogen) atoms. The van der Waals surface area contributed by atoms with Crippen molar-refractivity contribution >= 4 is 62.0 Å². The van der Waals surface area contributed by atoms with E-state index in [1.165, 1.54) is 12.1 Å². The Morgan fingerprint density at radius 1 is 0.327 bits per heavy atom. The zero-order valence-electron chi connectivity index (χ0n) is 52.6. The standard InChI is InChI=1S/C26H20ClN5O.C26H20FN5O.C26H21N5O/c2*27-19-10-8-18(9-11-19)15-30-25(33)17-32-16-22(26(31-32)24-7-3-4-13-28-24)20-12-14-29-23-6-2-1-5-21(20)23;32-25(29-16-19-8-2-1-3-9-19)18-31-17-22(26(30-31)24-12-6-7-14-27-24)20-13-15-28-23-11-5-4-10-21(20)23/h2*1-14,16H,15,17H2,(H,30,33);1-15,17H,16,18H2,(H,29,32). The number of pyridine rings is 6. The maximum absolute atomic E-state index is 13.1. The van der Waals surface area contributed by atoms with E-state index in [0.29, 0.717) is 30.4 Å². The fourth-order valence-corrected chi connectivity index (χ4v) is 11.3. The Morgan fingerprint density at radius 3 is 0.990 bits per heavy atom. The van der Waals surface area contributed by atoms with Gasteiger partial charge in [-0.2, -0.15) is 15.3 Å². The molecule has 3 amide bonds. The van der Waals surface area contributed by atoms with Gasteiger partial charge in [-0.3, -0.25) is 58.3 Å². The fraction of sp³-hybridized carbons (Fsp3) is 0.0769. The molecular weight excluding hydrogens is 1250 g/mol. The number of carbonyl (C=O) groups is 3. The molecule has 0 aliphatic rings. The van der Waals surface area contributed by atoms with E-state index in [9.17, 15) is 18.8 Å². The lowest BCUT2D eigenvalue weighted by Gasteiger charge is -2.06. The first kappa shape index (κ1) is 64.0. The first-order chi connectivity index (χ1) is 48.1. The minimum absolute atomic E-state index is 0.0457. The van der Waals surface area contributed by atoms with Crippen molar-refractivity contribution in [2.45, 2.75) is 39.3 Å². The van der Waals surface area contributed by atoms with Crippen molar-refractivity contribution < 1.29 is 18.8 Å². The molecule has 0 fully saturated rings. The second-order valence-corrected chi connectivity index (χ2v) is 23.0. The molecule has 18 nitrogen and oxygen atoms in total. The SMILES string of the molecule is O=C(Cn1cc(-c2ccnc3ccccc23)c(-c2ccccn2)n1)NCc1ccc(Cl)cc1.O=C(Cn1cc(-c2ccnc3ccccc23)c(-c2ccccn2)n1)NCc1ccc(F)cc1.O=C(Cn1cc(-c2ccnc3ccccc23)c(-c2ccccn2)n1)NCc1ccccc1. The smallest absolute Gasteiger partial charge is 0.241 e. The molecule has 15 rings (SSSR count). The van der Waals surface area contributed by atoms with E-state index >= 15 is 0 Å². The van der Waals surface area contributed by atoms with E-state index in [0.717, 1.165) is 111 Å². The molecule has 0 bridgehead atoms. The highest BCUT2D eigenvalue weighted by Crippen LogP contribution is 2.37. The van der Waals surface area contributed by atoms with Crippen LogP contribution in [0.4, 0.5) is 4.39 Å². The van der Waals surface area contributed by atoms with Crippen LogP contribution in [0, 0.1) is 5.82 Å². The Balaban J connectivity index is 0.000000132. The van der Waals surface area contributed by atoms with Gasteiger partial charge in [0.05, 0.1) is 33.6 Å². The number of nitrogens with one attached hydrogen (secondary N) is 3. The first-order valence-electron chi connectivity index (χ1n) is 31.4. The number of hydrogen-bond acceptors (Lipinski definition) is 12. The maximum Gasteiger partial charge on any atom is 0.241 e. The quantitative estimate of drug-likeness (QED) is 0.0731. The minimum atomic E-state index is -0.306. The van der Waals surface area contributed by atoms with Gasteiger partial charge in [-0.1, -0.05) is 139 Å². The van der Waals surface area contributed by atoms with Crippen molar-refractivity contribution in [3.05, 3.63) is 308 Å². The van der Waals surface area contributed by atoms with Gasteiger partial charge in [0, 0.05) is 113 Å². The second kappa shape index (κ2) is 30.6. The summed E-state index contributed by atoms with van der Waals surface area (Å²) in [7, 11) is 0. The zero-order chi connectivity index (χ0) is 67.0. The highest BCUT2D eigenvalue weighted by Gasteiger charge is 2.22. The van der Waals surface area contributed by atoms with Crippen LogP contribution >= 0.6 is 11.6 Å². The molecule has 480 valence electrons. The van der Waals surface area contributed by atoms with Crippen LogP contribution in [-0.2, 0) is 53.7 Å². The number of hydrogen-bond donors (Lipinski definition) is 3. The molecule has 3 N–H and O–H groups in total. The highest BCUT2D eigenvalue weighted by atomic mass is 35.5. The Bertz CT molecular complexity index is 5000. The average molecular weight is 1310 g/mol. The topological polar surface area (TPSA) is 218 Å². The van der Waals surface area contributed by atoms with Crippen molar-refractivity contribution in [3.8, 4) is 67.5 Å². The summed E-state index contributed by atoms with van der Waals surface area (Å²) >= 11 is 5.93. The number of benzene rings is 6. The zero-order valence-corrected chi connectivity index (χ0v) is 53.4. The van der Waals surface area contributed by atoms with Gasteiger partial charge in [-0.05, 0) is 130 Å². The molecule has 0 spiro atoms. The van der Waals surface area contributed by atoms with E-state index in [-0.39, 0.29) is 43.2 Å². The summed E-state index contributed by atoms with van der Waals surface area (Å²) < 4.78 is 18.0. The number of halogens is 2. The van der Waals surface area contributed by atoms with E-state index in [1.807, 2.05) is 207 Å².